The van der Waals surface area contributed by atoms with Crippen LogP contribution in [-0.4, -0.2) is 71.1 Å². The molecule has 0 saturated carbocycles. The maximum Gasteiger partial charge on any atom is 0.219 e. The van der Waals surface area contributed by atoms with Crippen molar-refractivity contribution >= 4 is 11.7 Å². The van der Waals surface area contributed by atoms with Gasteiger partial charge in [0, 0.05) is 13.0 Å². The minimum atomic E-state index is 0.00703. The molecule has 0 aromatic rings. The first kappa shape index (κ1) is 28.8. The predicted octanol–water partition coefficient (Wildman–Crippen LogP) is 2.22. The fraction of sp³-hybridized carbons (Fsp3) is 0.889. The standard InChI is InChI=1S/C14H27NO6.2C2H6/c1-3-14(17)15-4-5-18-6-7-19-8-9-20-10-11-21-12-13(2)16;2*1-2/h3-12H2,1-2H3,(H,15,17);2*1-2H3. The van der Waals surface area contributed by atoms with Gasteiger partial charge in [0.1, 0.15) is 6.61 Å². The molecule has 0 bridgehead atoms. The van der Waals surface area contributed by atoms with Gasteiger partial charge in [0.2, 0.25) is 5.91 Å². The van der Waals surface area contributed by atoms with Crippen LogP contribution in [0.5, 0.6) is 0 Å². The predicted molar refractivity (Wildman–Crippen MR) is 100.0 cm³/mol. The summed E-state index contributed by atoms with van der Waals surface area (Å²) in [5.41, 5.74) is 0. The second kappa shape index (κ2) is 27.8. The number of rotatable bonds is 15. The van der Waals surface area contributed by atoms with E-state index in [4.69, 9.17) is 18.9 Å². The van der Waals surface area contributed by atoms with Crippen molar-refractivity contribution in [2.75, 3.05) is 59.4 Å². The third kappa shape index (κ3) is 31.3. The van der Waals surface area contributed by atoms with Gasteiger partial charge in [0.05, 0.1) is 46.2 Å². The lowest BCUT2D eigenvalue weighted by molar-refractivity contribution is -0.122. The van der Waals surface area contributed by atoms with Crippen molar-refractivity contribution in [3.63, 3.8) is 0 Å². The Hall–Kier alpha value is -1.02. The van der Waals surface area contributed by atoms with Crippen LogP contribution in [0.2, 0.25) is 0 Å². The van der Waals surface area contributed by atoms with E-state index in [1.165, 1.54) is 6.92 Å². The van der Waals surface area contributed by atoms with E-state index in [0.29, 0.717) is 59.2 Å². The molecule has 0 unspecified atom stereocenters. The van der Waals surface area contributed by atoms with Crippen molar-refractivity contribution in [2.45, 2.75) is 48.0 Å². The van der Waals surface area contributed by atoms with Crippen molar-refractivity contribution < 1.29 is 28.5 Å². The van der Waals surface area contributed by atoms with Gasteiger partial charge in [-0.1, -0.05) is 34.6 Å². The van der Waals surface area contributed by atoms with Gasteiger partial charge < -0.3 is 24.3 Å². The number of hydrogen-bond donors (Lipinski definition) is 1. The molecule has 7 heteroatoms. The zero-order chi connectivity index (χ0) is 19.8. The molecule has 25 heavy (non-hydrogen) atoms. The topological polar surface area (TPSA) is 83.1 Å². The van der Waals surface area contributed by atoms with Crippen LogP contribution in [0.25, 0.3) is 0 Å². The lowest BCUT2D eigenvalue weighted by Gasteiger charge is -2.07. The number of carbonyl (C=O) groups is 2. The zero-order valence-corrected chi connectivity index (χ0v) is 17.0. The number of ketones is 1. The smallest absolute Gasteiger partial charge is 0.219 e. The highest BCUT2D eigenvalue weighted by molar-refractivity contribution is 5.76. The first-order valence-electron chi connectivity index (χ1n) is 9.24. The molecule has 0 spiro atoms. The van der Waals surface area contributed by atoms with Gasteiger partial charge >= 0.3 is 0 Å². The minimum Gasteiger partial charge on any atom is -0.377 e. The molecule has 0 rings (SSSR count). The van der Waals surface area contributed by atoms with E-state index in [1.807, 2.05) is 34.6 Å². The van der Waals surface area contributed by atoms with Gasteiger partial charge in [-0.2, -0.15) is 0 Å². The minimum absolute atomic E-state index is 0.00703. The van der Waals surface area contributed by atoms with Crippen LogP contribution in [-0.2, 0) is 28.5 Å². The second-order valence-corrected chi connectivity index (χ2v) is 4.30. The summed E-state index contributed by atoms with van der Waals surface area (Å²) < 4.78 is 20.9. The SMILES string of the molecule is CC.CC.CCC(=O)NCCOCCOCCOCCOCC(C)=O. The molecule has 0 aliphatic heterocycles. The Morgan fingerprint density at radius 1 is 0.720 bits per heavy atom. The van der Waals surface area contributed by atoms with Crippen LogP contribution in [0.15, 0.2) is 0 Å². The maximum atomic E-state index is 10.9. The summed E-state index contributed by atoms with van der Waals surface area (Å²) in [5, 5.41) is 2.72. The summed E-state index contributed by atoms with van der Waals surface area (Å²) in [7, 11) is 0. The highest BCUT2D eigenvalue weighted by Crippen LogP contribution is 1.83. The van der Waals surface area contributed by atoms with E-state index in [9.17, 15) is 9.59 Å². The average Bonchev–Trinajstić information content (AvgIpc) is 2.64. The molecule has 0 saturated heterocycles. The van der Waals surface area contributed by atoms with Crippen LogP contribution in [0.3, 0.4) is 0 Å². The lowest BCUT2D eigenvalue weighted by Crippen LogP contribution is -2.26. The molecule has 1 amide bonds. The molecule has 0 radical (unpaired) electrons. The van der Waals surface area contributed by atoms with E-state index in [-0.39, 0.29) is 18.3 Å². The number of ether oxygens (including phenoxy) is 4. The highest BCUT2D eigenvalue weighted by atomic mass is 16.6. The number of carbonyl (C=O) groups excluding carboxylic acids is 2. The second-order valence-electron chi connectivity index (χ2n) is 4.30. The Morgan fingerprint density at radius 3 is 1.52 bits per heavy atom. The summed E-state index contributed by atoms with van der Waals surface area (Å²) >= 11 is 0. The number of hydrogen-bond acceptors (Lipinski definition) is 6. The molecule has 0 fully saturated rings. The monoisotopic (exact) mass is 365 g/mol. The molecule has 0 aliphatic rings. The largest absolute Gasteiger partial charge is 0.377 e. The Morgan fingerprint density at radius 2 is 1.12 bits per heavy atom. The van der Waals surface area contributed by atoms with E-state index < -0.39 is 0 Å². The molecule has 7 nitrogen and oxygen atoms in total. The summed E-state index contributed by atoms with van der Waals surface area (Å²) in [6.45, 7) is 15.2. The molecule has 0 heterocycles. The Labute approximate surface area is 153 Å². The normalized spacial score (nSPS) is 9.36. The fourth-order valence-corrected chi connectivity index (χ4v) is 1.26. The molecule has 152 valence electrons. The van der Waals surface area contributed by atoms with Gasteiger partial charge in [-0.3, -0.25) is 9.59 Å². The van der Waals surface area contributed by atoms with Crippen LogP contribution in [0.1, 0.15) is 48.0 Å². The van der Waals surface area contributed by atoms with E-state index in [1.54, 1.807) is 0 Å². The molecule has 0 aliphatic carbocycles. The third-order valence-electron chi connectivity index (χ3n) is 2.31. The summed E-state index contributed by atoms with van der Waals surface area (Å²) in [6.07, 6.45) is 0.489. The highest BCUT2D eigenvalue weighted by Gasteiger charge is 1.96. The van der Waals surface area contributed by atoms with Gasteiger partial charge in [-0.05, 0) is 6.92 Å². The Bertz CT molecular complexity index is 274. The van der Waals surface area contributed by atoms with Gasteiger partial charge in [0.15, 0.2) is 5.78 Å². The molecule has 0 atom stereocenters. The Balaban J connectivity index is -0.00000112. The van der Waals surface area contributed by atoms with Crippen molar-refractivity contribution in [1.29, 1.82) is 0 Å². The molecule has 1 N–H and O–H groups in total. The third-order valence-corrected chi connectivity index (χ3v) is 2.31. The molecular weight excluding hydrogens is 326 g/mol. The quantitative estimate of drug-likeness (QED) is 0.448. The fourth-order valence-electron chi connectivity index (χ4n) is 1.26. The maximum absolute atomic E-state index is 10.9. The van der Waals surface area contributed by atoms with Crippen molar-refractivity contribution in [3.8, 4) is 0 Å². The molecule has 0 aromatic heterocycles. The van der Waals surface area contributed by atoms with E-state index in [0.717, 1.165) is 0 Å². The van der Waals surface area contributed by atoms with Crippen LogP contribution in [0, 0.1) is 0 Å². The van der Waals surface area contributed by atoms with Crippen molar-refractivity contribution in [2.24, 2.45) is 0 Å². The van der Waals surface area contributed by atoms with Crippen molar-refractivity contribution in [3.05, 3.63) is 0 Å². The zero-order valence-electron chi connectivity index (χ0n) is 17.0. The molecular formula is C18H39NO6. The molecule has 0 aromatic carbocycles. The Kier molecular flexibility index (Phi) is 32.0. The summed E-state index contributed by atoms with van der Waals surface area (Å²) in [6, 6.07) is 0. The van der Waals surface area contributed by atoms with Crippen LogP contribution < -0.4 is 5.32 Å². The first-order chi connectivity index (χ1) is 12.2. The van der Waals surface area contributed by atoms with Gasteiger partial charge in [0.25, 0.3) is 0 Å². The number of amides is 1. The summed E-state index contributed by atoms with van der Waals surface area (Å²) in [5.74, 6) is 0.0341. The van der Waals surface area contributed by atoms with Gasteiger partial charge in [-0.25, -0.2) is 0 Å². The van der Waals surface area contributed by atoms with Crippen molar-refractivity contribution in [1.82, 2.24) is 5.32 Å². The van der Waals surface area contributed by atoms with E-state index >= 15 is 0 Å². The number of nitrogens with one attached hydrogen (secondary N) is 1. The first-order valence-corrected chi connectivity index (χ1v) is 9.24. The number of Topliss-reactive ketones (excluding diaryl/α,β-unsaturated/α-hetero) is 1. The average molecular weight is 366 g/mol. The van der Waals surface area contributed by atoms with Crippen LogP contribution >= 0.6 is 0 Å². The van der Waals surface area contributed by atoms with Crippen LogP contribution in [0.4, 0.5) is 0 Å². The van der Waals surface area contributed by atoms with E-state index in [2.05, 4.69) is 5.32 Å². The lowest BCUT2D eigenvalue weighted by atomic mass is 10.4. The summed E-state index contributed by atoms with van der Waals surface area (Å²) in [4.78, 5) is 21.5. The van der Waals surface area contributed by atoms with Gasteiger partial charge in [-0.15, -0.1) is 0 Å².